The molecule has 0 aliphatic carbocycles. The first-order valence-corrected chi connectivity index (χ1v) is 6.87. The Kier molecular flexibility index (Phi) is 3.73. The van der Waals surface area contributed by atoms with E-state index in [1.54, 1.807) is 48.5 Å². The number of halogens is 2. The Bertz CT molecular complexity index is 822. The van der Waals surface area contributed by atoms with Crippen molar-refractivity contribution < 1.29 is 18.1 Å². The predicted octanol–water partition coefficient (Wildman–Crippen LogP) is 4.08. The van der Waals surface area contributed by atoms with Gasteiger partial charge in [-0.25, -0.2) is 0 Å². The lowest BCUT2D eigenvalue weighted by atomic mass is 10.0. The molecule has 4 nitrogen and oxygen atoms in total. The molecule has 6 heteroatoms. The molecule has 0 saturated heterocycles. The minimum Gasteiger partial charge on any atom is -0.332 e. The normalized spacial score (nSPS) is 11.4. The Morgan fingerprint density at radius 1 is 1.00 bits per heavy atom. The maximum absolute atomic E-state index is 13.1. The Balaban J connectivity index is 1.85. The molecule has 0 radical (unpaired) electrons. The summed E-state index contributed by atoms with van der Waals surface area (Å²) in [7, 11) is 0. The first kappa shape index (κ1) is 15.0. The first-order valence-electron chi connectivity index (χ1n) is 6.87. The third-order valence-corrected chi connectivity index (χ3v) is 3.24. The van der Waals surface area contributed by atoms with Gasteiger partial charge in [0.2, 0.25) is 5.82 Å². The van der Waals surface area contributed by atoms with Gasteiger partial charge in [0.1, 0.15) is 0 Å². The minimum atomic E-state index is -3.19. The molecule has 0 fully saturated rings. The van der Waals surface area contributed by atoms with E-state index in [-0.39, 0.29) is 11.6 Å². The summed E-state index contributed by atoms with van der Waals surface area (Å²) in [5.41, 5.74) is 1.56. The van der Waals surface area contributed by atoms with Crippen LogP contribution in [0.25, 0.3) is 11.4 Å². The molecule has 0 N–H and O–H groups in total. The van der Waals surface area contributed by atoms with Crippen molar-refractivity contribution in [1.29, 1.82) is 0 Å². The van der Waals surface area contributed by atoms with Gasteiger partial charge in [0.25, 0.3) is 5.89 Å². The molecule has 3 aromatic rings. The lowest BCUT2D eigenvalue weighted by Crippen LogP contribution is -2.07. The van der Waals surface area contributed by atoms with Gasteiger partial charge >= 0.3 is 5.92 Å². The van der Waals surface area contributed by atoms with Gasteiger partial charge in [-0.15, -0.1) is 0 Å². The number of carbonyl (C=O) groups is 1. The highest BCUT2D eigenvalue weighted by atomic mass is 19.3. The molecule has 0 unspecified atom stereocenters. The van der Waals surface area contributed by atoms with Crippen molar-refractivity contribution in [3.63, 3.8) is 0 Å². The molecule has 0 saturated carbocycles. The van der Waals surface area contributed by atoms with Gasteiger partial charge in [-0.3, -0.25) is 4.79 Å². The summed E-state index contributed by atoms with van der Waals surface area (Å²) >= 11 is 0. The molecule has 23 heavy (non-hydrogen) atoms. The summed E-state index contributed by atoms with van der Waals surface area (Å²) < 4.78 is 30.8. The van der Waals surface area contributed by atoms with Gasteiger partial charge in [-0.1, -0.05) is 59.8 Å². The quantitative estimate of drug-likeness (QED) is 0.681. The first-order chi connectivity index (χ1) is 10.9. The van der Waals surface area contributed by atoms with E-state index in [1.807, 2.05) is 6.07 Å². The average molecular weight is 314 g/mol. The molecule has 0 amide bonds. The summed E-state index contributed by atoms with van der Waals surface area (Å²) in [5.74, 6) is -3.99. The summed E-state index contributed by atoms with van der Waals surface area (Å²) in [6.45, 7) is 0.686. The Morgan fingerprint density at radius 3 is 2.17 bits per heavy atom. The highest BCUT2D eigenvalue weighted by Crippen LogP contribution is 2.27. The van der Waals surface area contributed by atoms with Gasteiger partial charge < -0.3 is 4.52 Å². The zero-order chi connectivity index (χ0) is 16.4. The molecule has 0 spiro atoms. The highest BCUT2D eigenvalue weighted by Gasteiger charge is 2.32. The van der Waals surface area contributed by atoms with Crippen molar-refractivity contribution in [2.45, 2.75) is 12.8 Å². The molecule has 0 bridgehead atoms. The molecule has 0 aliphatic heterocycles. The second-order valence-electron chi connectivity index (χ2n) is 5.08. The van der Waals surface area contributed by atoms with Crippen LogP contribution in [0.1, 0.15) is 28.7 Å². The molecule has 1 heterocycles. The number of hydrogen-bond acceptors (Lipinski definition) is 4. The maximum atomic E-state index is 13.1. The third-order valence-electron chi connectivity index (χ3n) is 3.24. The van der Waals surface area contributed by atoms with Crippen molar-refractivity contribution in [2.75, 3.05) is 0 Å². The fourth-order valence-electron chi connectivity index (χ4n) is 2.05. The average Bonchev–Trinajstić information content (AvgIpc) is 3.05. The van der Waals surface area contributed by atoms with Crippen LogP contribution in [0.15, 0.2) is 59.1 Å². The summed E-state index contributed by atoms with van der Waals surface area (Å²) in [4.78, 5) is 16.0. The Labute approximate surface area is 130 Å². The van der Waals surface area contributed by atoms with E-state index < -0.39 is 11.8 Å². The van der Waals surface area contributed by atoms with Crippen molar-refractivity contribution in [1.82, 2.24) is 10.1 Å². The van der Waals surface area contributed by atoms with Crippen LogP contribution in [0.4, 0.5) is 8.78 Å². The van der Waals surface area contributed by atoms with E-state index in [4.69, 9.17) is 0 Å². The number of ketones is 1. The zero-order valence-electron chi connectivity index (χ0n) is 12.2. The number of aromatic nitrogens is 2. The van der Waals surface area contributed by atoms with Crippen LogP contribution < -0.4 is 0 Å². The lowest BCUT2D eigenvalue weighted by Gasteiger charge is -2.02. The summed E-state index contributed by atoms with van der Waals surface area (Å²) in [5, 5.41) is 3.53. The molecule has 0 aliphatic rings. The summed E-state index contributed by atoms with van der Waals surface area (Å²) in [6, 6.07) is 15.3. The van der Waals surface area contributed by atoms with Gasteiger partial charge in [0.15, 0.2) is 5.78 Å². The molecule has 2 aromatic carbocycles. The lowest BCUT2D eigenvalue weighted by molar-refractivity contribution is -0.0158. The second kappa shape index (κ2) is 5.72. The van der Waals surface area contributed by atoms with E-state index in [0.717, 1.165) is 0 Å². The molecule has 116 valence electrons. The van der Waals surface area contributed by atoms with Crippen LogP contribution in [0.2, 0.25) is 0 Å². The number of nitrogens with zero attached hydrogens (tertiary/aromatic N) is 2. The monoisotopic (exact) mass is 314 g/mol. The number of benzene rings is 2. The van der Waals surface area contributed by atoms with Gasteiger partial charge in [-0.05, 0) is 0 Å². The fraction of sp³-hybridized carbons (Fsp3) is 0.118. The standard InChI is InChI=1S/C17H12F2N2O2/c1-17(18,19)16-20-15(21-23-16)13-9-7-12(8-10-13)14(22)11-5-3-2-4-6-11/h2-10H,1H3. The maximum Gasteiger partial charge on any atom is 0.322 e. The second-order valence-corrected chi connectivity index (χ2v) is 5.08. The van der Waals surface area contributed by atoms with Crippen LogP contribution in [0, 0.1) is 0 Å². The van der Waals surface area contributed by atoms with Gasteiger partial charge in [0.05, 0.1) is 0 Å². The van der Waals surface area contributed by atoms with Gasteiger partial charge in [-0.2, -0.15) is 13.8 Å². The zero-order valence-corrected chi connectivity index (χ0v) is 12.2. The summed E-state index contributed by atoms with van der Waals surface area (Å²) in [6.07, 6.45) is 0. The van der Waals surface area contributed by atoms with Crippen LogP contribution in [-0.2, 0) is 5.92 Å². The Hall–Kier alpha value is -2.89. The largest absolute Gasteiger partial charge is 0.332 e. The smallest absolute Gasteiger partial charge is 0.322 e. The molecule has 0 atom stereocenters. The van der Waals surface area contributed by atoms with E-state index in [1.165, 1.54) is 0 Å². The predicted molar refractivity (Wildman–Crippen MR) is 79.2 cm³/mol. The van der Waals surface area contributed by atoms with E-state index in [2.05, 4.69) is 14.7 Å². The molecular weight excluding hydrogens is 302 g/mol. The van der Waals surface area contributed by atoms with E-state index >= 15 is 0 Å². The van der Waals surface area contributed by atoms with Crippen LogP contribution in [0.5, 0.6) is 0 Å². The molecule has 1 aromatic heterocycles. The fourth-order valence-corrected chi connectivity index (χ4v) is 2.05. The van der Waals surface area contributed by atoms with E-state index in [9.17, 15) is 13.6 Å². The number of alkyl halides is 2. The number of carbonyl (C=O) groups excluding carboxylic acids is 1. The topological polar surface area (TPSA) is 56.0 Å². The molecule has 3 rings (SSSR count). The van der Waals surface area contributed by atoms with Crippen LogP contribution in [-0.4, -0.2) is 15.9 Å². The van der Waals surface area contributed by atoms with Crippen LogP contribution in [0.3, 0.4) is 0 Å². The van der Waals surface area contributed by atoms with Crippen molar-refractivity contribution in [3.8, 4) is 11.4 Å². The molecular formula is C17H12F2N2O2. The highest BCUT2D eigenvalue weighted by molar-refractivity contribution is 6.09. The number of rotatable bonds is 4. The van der Waals surface area contributed by atoms with Crippen molar-refractivity contribution >= 4 is 5.78 Å². The Morgan fingerprint density at radius 2 is 1.61 bits per heavy atom. The van der Waals surface area contributed by atoms with Crippen molar-refractivity contribution in [3.05, 3.63) is 71.6 Å². The minimum absolute atomic E-state index is 0.0558. The third kappa shape index (κ3) is 3.15. The van der Waals surface area contributed by atoms with Crippen molar-refractivity contribution in [2.24, 2.45) is 0 Å². The SMILES string of the molecule is CC(F)(F)c1nc(-c2ccc(C(=O)c3ccccc3)cc2)no1. The number of hydrogen-bond donors (Lipinski definition) is 0. The van der Waals surface area contributed by atoms with Gasteiger partial charge in [0, 0.05) is 23.6 Å². The van der Waals surface area contributed by atoms with E-state index in [0.29, 0.717) is 23.6 Å². The van der Waals surface area contributed by atoms with Crippen LogP contribution >= 0.6 is 0 Å².